The summed E-state index contributed by atoms with van der Waals surface area (Å²) in [6.45, 7) is 9.04. The number of nitrogens with zero attached hydrogens (tertiary/aromatic N) is 2. The van der Waals surface area contributed by atoms with E-state index in [9.17, 15) is 15.2 Å². The third-order valence-corrected chi connectivity index (χ3v) is 4.03. The fourth-order valence-electron chi connectivity index (χ4n) is 2.86. The van der Waals surface area contributed by atoms with Crippen molar-refractivity contribution in [3.05, 3.63) is 34.4 Å². The lowest BCUT2D eigenvalue weighted by atomic mass is 9.94. The number of aliphatic hydroxyl groups excluding tert-OH is 1. The van der Waals surface area contributed by atoms with Crippen LogP contribution in [0.25, 0.3) is 0 Å². The van der Waals surface area contributed by atoms with E-state index in [-0.39, 0.29) is 36.3 Å². The van der Waals surface area contributed by atoms with Crippen LogP contribution in [0.5, 0.6) is 0 Å². The SMILES string of the molecule is CCNC(=NCC(CCO)CC(C)C)NCCNc1ccccc1[N+](=O)[O-].I. The molecule has 1 aromatic carbocycles. The van der Waals surface area contributed by atoms with Crippen LogP contribution in [-0.2, 0) is 0 Å². The molecule has 0 amide bonds. The van der Waals surface area contributed by atoms with Crippen LogP contribution in [0.15, 0.2) is 29.3 Å². The molecule has 0 radical (unpaired) electrons. The molecule has 0 fully saturated rings. The number of aliphatic imine (C=N–C) groups is 1. The Labute approximate surface area is 184 Å². The molecule has 1 atom stereocenters. The summed E-state index contributed by atoms with van der Waals surface area (Å²) in [7, 11) is 0. The Morgan fingerprint density at radius 2 is 1.96 bits per heavy atom. The Balaban J connectivity index is 0.00000729. The number of guanidine groups is 1. The van der Waals surface area contributed by atoms with Crippen molar-refractivity contribution in [1.29, 1.82) is 0 Å². The van der Waals surface area contributed by atoms with Gasteiger partial charge in [0.1, 0.15) is 5.69 Å². The maximum atomic E-state index is 11.0. The topological polar surface area (TPSA) is 112 Å². The molecule has 1 unspecified atom stereocenters. The fourth-order valence-corrected chi connectivity index (χ4v) is 2.86. The number of nitrogens with one attached hydrogen (secondary N) is 3. The second-order valence-electron chi connectivity index (χ2n) is 6.86. The standard InChI is InChI=1S/C19H33N5O3.HI/c1-4-20-19(23-14-16(9-12-25)13-15(2)3)22-11-10-21-17-7-5-6-8-18(17)24(26)27;/h5-8,15-16,21,25H,4,9-14H2,1-3H3,(H2,20,22,23);1H. The first-order valence-corrected chi connectivity index (χ1v) is 9.58. The van der Waals surface area contributed by atoms with Gasteiger partial charge in [-0.1, -0.05) is 26.0 Å². The zero-order valence-corrected chi connectivity index (χ0v) is 19.3. The Kier molecular flexibility index (Phi) is 14.4. The summed E-state index contributed by atoms with van der Waals surface area (Å²) in [5.74, 6) is 1.64. The second kappa shape index (κ2) is 15.3. The van der Waals surface area contributed by atoms with Crippen LogP contribution in [0, 0.1) is 22.0 Å². The largest absolute Gasteiger partial charge is 0.396 e. The molecule has 0 saturated carbocycles. The predicted octanol–water partition coefficient (Wildman–Crippen LogP) is 3.22. The molecule has 160 valence electrons. The maximum absolute atomic E-state index is 11.0. The van der Waals surface area contributed by atoms with Crippen LogP contribution in [0.2, 0.25) is 0 Å². The summed E-state index contributed by atoms with van der Waals surface area (Å²) >= 11 is 0. The van der Waals surface area contributed by atoms with Gasteiger partial charge in [-0.2, -0.15) is 0 Å². The minimum Gasteiger partial charge on any atom is -0.396 e. The van der Waals surface area contributed by atoms with Crippen LogP contribution in [0.4, 0.5) is 11.4 Å². The van der Waals surface area contributed by atoms with E-state index in [2.05, 4.69) is 34.8 Å². The average molecular weight is 507 g/mol. The summed E-state index contributed by atoms with van der Waals surface area (Å²) < 4.78 is 0. The van der Waals surface area contributed by atoms with Gasteiger partial charge in [-0.05, 0) is 37.7 Å². The van der Waals surface area contributed by atoms with Crippen molar-refractivity contribution < 1.29 is 10.0 Å². The van der Waals surface area contributed by atoms with Gasteiger partial charge in [0.25, 0.3) is 5.69 Å². The van der Waals surface area contributed by atoms with Crippen LogP contribution < -0.4 is 16.0 Å². The van der Waals surface area contributed by atoms with Gasteiger partial charge in [-0.25, -0.2) is 0 Å². The number of hydrogen-bond donors (Lipinski definition) is 4. The third kappa shape index (κ3) is 10.6. The minimum absolute atomic E-state index is 0. The van der Waals surface area contributed by atoms with Crippen LogP contribution in [-0.4, -0.2) is 48.8 Å². The summed E-state index contributed by atoms with van der Waals surface area (Å²) in [6, 6.07) is 6.60. The number of para-hydroxylation sites is 2. The number of nitro benzene ring substituents is 1. The second-order valence-corrected chi connectivity index (χ2v) is 6.86. The van der Waals surface area contributed by atoms with E-state index in [1.807, 2.05) is 6.92 Å². The minimum atomic E-state index is -0.392. The number of hydrogen-bond acceptors (Lipinski definition) is 5. The zero-order valence-electron chi connectivity index (χ0n) is 17.0. The van der Waals surface area contributed by atoms with E-state index in [1.165, 1.54) is 6.07 Å². The molecule has 0 aliphatic carbocycles. The van der Waals surface area contributed by atoms with Gasteiger partial charge in [0.05, 0.1) is 4.92 Å². The molecule has 0 bridgehead atoms. The Morgan fingerprint density at radius 1 is 1.25 bits per heavy atom. The van der Waals surface area contributed by atoms with Crippen molar-refractivity contribution >= 4 is 41.3 Å². The molecular formula is C19H34IN5O3. The molecule has 0 aliphatic rings. The summed E-state index contributed by atoms with van der Waals surface area (Å²) in [5.41, 5.74) is 0.574. The number of halogens is 1. The average Bonchev–Trinajstić information content (AvgIpc) is 2.62. The molecule has 0 spiro atoms. The lowest BCUT2D eigenvalue weighted by molar-refractivity contribution is -0.384. The first-order chi connectivity index (χ1) is 13.0. The summed E-state index contributed by atoms with van der Waals surface area (Å²) in [5, 5.41) is 29.8. The van der Waals surface area contributed by atoms with Gasteiger partial charge >= 0.3 is 0 Å². The molecule has 4 N–H and O–H groups in total. The Hall–Kier alpha value is -1.62. The highest BCUT2D eigenvalue weighted by atomic mass is 127. The fraction of sp³-hybridized carbons (Fsp3) is 0.632. The van der Waals surface area contributed by atoms with Gasteiger partial charge in [-0.3, -0.25) is 15.1 Å². The highest BCUT2D eigenvalue weighted by molar-refractivity contribution is 14.0. The van der Waals surface area contributed by atoms with Crippen molar-refractivity contribution in [3.8, 4) is 0 Å². The number of aliphatic hydroxyl groups is 1. The number of rotatable bonds is 12. The van der Waals surface area contributed by atoms with Crippen LogP contribution >= 0.6 is 24.0 Å². The lowest BCUT2D eigenvalue weighted by Crippen LogP contribution is -2.40. The van der Waals surface area contributed by atoms with Gasteiger partial charge in [0.15, 0.2) is 5.96 Å². The zero-order chi connectivity index (χ0) is 20.1. The number of nitro groups is 1. The van der Waals surface area contributed by atoms with Crippen LogP contribution in [0.3, 0.4) is 0 Å². The van der Waals surface area contributed by atoms with E-state index < -0.39 is 4.92 Å². The molecule has 28 heavy (non-hydrogen) atoms. The number of benzene rings is 1. The molecule has 1 aromatic rings. The molecule has 0 heterocycles. The van der Waals surface area contributed by atoms with Crippen molar-refractivity contribution in [3.63, 3.8) is 0 Å². The molecule has 9 heteroatoms. The van der Waals surface area contributed by atoms with E-state index >= 15 is 0 Å². The maximum Gasteiger partial charge on any atom is 0.292 e. The van der Waals surface area contributed by atoms with Crippen molar-refractivity contribution in [2.45, 2.75) is 33.6 Å². The van der Waals surface area contributed by atoms with Crippen molar-refractivity contribution in [2.75, 3.05) is 38.1 Å². The molecular weight excluding hydrogens is 473 g/mol. The summed E-state index contributed by atoms with van der Waals surface area (Å²) in [4.78, 5) is 15.3. The smallest absolute Gasteiger partial charge is 0.292 e. The van der Waals surface area contributed by atoms with Crippen LogP contribution in [0.1, 0.15) is 33.6 Å². The Bertz CT molecular complexity index is 599. The molecule has 0 saturated heterocycles. The third-order valence-electron chi connectivity index (χ3n) is 4.03. The molecule has 0 aliphatic heterocycles. The lowest BCUT2D eigenvalue weighted by Gasteiger charge is -2.17. The Morgan fingerprint density at radius 3 is 2.57 bits per heavy atom. The van der Waals surface area contributed by atoms with Gasteiger partial charge in [-0.15, -0.1) is 24.0 Å². The summed E-state index contributed by atoms with van der Waals surface area (Å²) in [6.07, 6.45) is 1.78. The van der Waals surface area contributed by atoms with E-state index in [0.29, 0.717) is 43.1 Å². The highest BCUT2D eigenvalue weighted by Gasteiger charge is 2.12. The highest BCUT2D eigenvalue weighted by Crippen LogP contribution is 2.22. The van der Waals surface area contributed by atoms with Crippen molar-refractivity contribution in [1.82, 2.24) is 10.6 Å². The monoisotopic (exact) mass is 507 g/mol. The van der Waals surface area contributed by atoms with E-state index in [4.69, 9.17) is 0 Å². The molecule has 1 rings (SSSR count). The van der Waals surface area contributed by atoms with Gasteiger partial charge < -0.3 is 21.1 Å². The molecule has 0 aromatic heterocycles. The van der Waals surface area contributed by atoms with E-state index in [0.717, 1.165) is 19.4 Å². The first kappa shape index (κ1) is 26.4. The van der Waals surface area contributed by atoms with E-state index in [1.54, 1.807) is 18.2 Å². The first-order valence-electron chi connectivity index (χ1n) is 9.58. The normalized spacial score (nSPS) is 12.2. The predicted molar refractivity (Wildman–Crippen MR) is 126 cm³/mol. The number of anilines is 1. The van der Waals surface area contributed by atoms with Crippen molar-refractivity contribution in [2.24, 2.45) is 16.8 Å². The van der Waals surface area contributed by atoms with Gasteiger partial charge in [0, 0.05) is 38.9 Å². The quantitative estimate of drug-likeness (QED) is 0.0864. The van der Waals surface area contributed by atoms with Gasteiger partial charge in [0.2, 0.25) is 0 Å². The molecule has 8 nitrogen and oxygen atoms in total.